The van der Waals surface area contributed by atoms with Gasteiger partial charge in [0.2, 0.25) is 0 Å². The minimum absolute atomic E-state index is 0.142. The van der Waals surface area contributed by atoms with Crippen molar-refractivity contribution in [2.45, 2.75) is 6.42 Å². The highest BCUT2D eigenvalue weighted by Gasteiger charge is 2.26. The van der Waals surface area contributed by atoms with Crippen LogP contribution in [-0.2, 0) is 6.42 Å². The summed E-state index contributed by atoms with van der Waals surface area (Å²) in [6.45, 7) is 0.650. The number of para-hydroxylation sites is 1. The molecule has 1 amide bonds. The van der Waals surface area contributed by atoms with Gasteiger partial charge in [0.25, 0.3) is 5.91 Å². The molecular weight excluding hydrogens is 356 g/mol. The number of benzene rings is 2. The topological polar surface area (TPSA) is 76.6 Å². The third kappa shape index (κ3) is 3.34. The van der Waals surface area contributed by atoms with Crippen LogP contribution < -0.4 is 19.7 Å². The van der Waals surface area contributed by atoms with Crippen LogP contribution >= 0.6 is 0 Å². The van der Waals surface area contributed by atoms with E-state index in [1.165, 1.54) is 11.9 Å². The fraction of sp³-hybridized carbons (Fsp3) is 0.190. The first-order valence-electron chi connectivity index (χ1n) is 8.90. The maximum atomic E-state index is 13.0. The highest BCUT2D eigenvalue weighted by molar-refractivity contribution is 6.06. The van der Waals surface area contributed by atoms with Gasteiger partial charge in [0.15, 0.2) is 0 Å². The number of ether oxygens (including phenoxy) is 2. The average molecular weight is 376 g/mol. The van der Waals surface area contributed by atoms with E-state index in [4.69, 9.17) is 9.47 Å². The lowest BCUT2D eigenvalue weighted by molar-refractivity contribution is 0.0984. The van der Waals surface area contributed by atoms with Crippen molar-refractivity contribution in [3.8, 4) is 11.5 Å². The molecule has 4 rings (SSSR count). The molecule has 0 saturated heterocycles. The molecule has 2 aromatic carbocycles. The Hall–Kier alpha value is -3.61. The molecular formula is C21H20N4O3. The third-order valence-corrected chi connectivity index (χ3v) is 4.69. The zero-order valence-electron chi connectivity index (χ0n) is 15.7. The molecule has 2 heterocycles. The fourth-order valence-electron chi connectivity index (χ4n) is 3.27. The first kappa shape index (κ1) is 17.8. The van der Waals surface area contributed by atoms with E-state index in [9.17, 15) is 4.79 Å². The minimum atomic E-state index is -0.142. The van der Waals surface area contributed by atoms with Crippen LogP contribution in [0.1, 0.15) is 16.1 Å². The highest BCUT2D eigenvalue weighted by atomic mass is 16.5. The highest BCUT2D eigenvalue weighted by Crippen LogP contribution is 2.32. The lowest BCUT2D eigenvalue weighted by Gasteiger charge is -2.17. The summed E-state index contributed by atoms with van der Waals surface area (Å²) in [4.78, 5) is 23.1. The standard InChI is InChI=1S/C21H20N4O3/c1-27-15-7-8-16(19(11-15)28-2)24-20-12-17(22-13-23-20)21(26)25-10-9-14-5-3-4-6-18(14)25/h3-8,11-13H,9-10H2,1-2H3,(H,22,23,24). The maximum Gasteiger partial charge on any atom is 0.277 e. The summed E-state index contributed by atoms with van der Waals surface area (Å²) in [5, 5.41) is 3.18. The SMILES string of the molecule is COc1ccc(Nc2cc(C(=O)N3CCc4ccccc43)ncn2)c(OC)c1. The molecule has 0 aliphatic carbocycles. The molecule has 1 aliphatic heterocycles. The maximum absolute atomic E-state index is 13.0. The quantitative estimate of drug-likeness (QED) is 0.735. The second-order valence-electron chi connectivity index (χ2n) is 6.32. The second-order valence-corrected chi connectivity index (χ2v) is 6.32. The predicted octanol–water partition coefficient (Wildman–Crippen LogP) is 3.44. The molecule has 0 spiro atoms. The molecule has 7 heteroatoms. The number of hydrogen-bond acceptors (Lipinski definition) is 6. The number of carbonyl (C=O) groups is 1. The molecule has 1 aliphatic rings. The zero-order valence-corrected chi connectivity index (χ0v) is 15.7. The van der Waals surface area contributed by atoms with Crippen LogP contribution in [0.5, 0.6) is 11.5 Å². The summed E-state index contributed by atoms with van der Waals surface area (Å²) in [6.07, 6.45) is 2.23. The van der Waals surface area contributed by atoms with E-state index >= 15 is 0 Å². The summed E-state index contributed by atoms with van der Waals surface area (Å²) in [7, 11) is 3.18. The van der Waals surface area contributed by atoms with E-state index in [2.05, 4.69) is 15.3 Å². The Balaban J connectivity index is 1.58. The van der Waals surface area contributed by atoms with Gasteiger partial charge in [-0.15, -0.1) is 0 Å². The van der Waals surface area contributed by atoms with Crippen molar-refractivity contribution in [3.63, 3.8) is 0 Å². The van der Waals surface area contributed by atoms with Crippen molar-refractivity contribution in [1.29, 1.82) is 0 Å². The molecule has 0 radical (unpaired) electrons. The predicted molar refractivity (Wildman–Crippen MR) is 107 cm³/mol. The number of aromatic nitrogens is 2. The molecule has 1 N–H and O–H groups in total. The van der Waals surface area contributed by atoms with Crippen LogP contribution in [-0.4, -0.2) is 36.6 Å². The van der Waals surface area contributed by atoms with Gasteiger partial charge >= 0.3 is 0 Å². The van der Waals surface area contributed by atoms with Crippen LogP contribution in [0, 0.1) is 0 Å². The van der Waals surface area contributed by atoms with Gasteiger partial charge in [0.05, 0.1) is 19.9 Å². The molecule has 0 unspecified atom stereocenters. The van der Waals surface area contributed by atoms with Crippen molar-refractivity contribution in [3.05, 3.63) is 66.1 Å². The Bertz CT molecular complexity index is 1020. The summed E-state index contributed by atoms with van der Waals surface area (Å²) in [5.41, 5.74) is 3.16. The number of methoxy groups -OCH3 is 2. The number of hydrogen-bond donors (Lipinski definition) is 1. The molecule has 0 saturated carbocycles. The Labute approximate surface area is 163 Å². The van der Waals surface area contributed by atoms with Crippen LogP contribution in [0.4, 0.5) is 17.2 Å². The number of fused-ring (bicyclic) bond motifs is 1. The molecule has 0 bridgehead atoms. The smallest absolute Gasteiger partial charge is 0.277 e. The third-order valence-electron chi connectivity index (χ3n) is 4.69. The summed E-state index contributed by atoms with van der Waals surface area (Å²) in [5.74, 6) is 1.67. The molecule has 1 aromatic heterocycles. The van der Waals surface area contributed by atoms with E-state index < -0.39 is 0 Å². The van der Waals surface area contributed by atoms with E-state index in [-0.39, 0.29) is 5.91 Å². The first-order chi connectivity index (χ1) is 13.7. The van der Waals surface area contributed by atoms with Gasteiger partial charge in [0.1, 0.15) is 29.3 Å². The number of amides is 1. The van der Waals surface area contributed by atoms with Gasteiger partial charge < -0.3 is 19.7 Å². The molecule has 142 valence electrons. The van der Waals surface area contributed by atoms with Gasteiger partial charge in [-0.3, -0.25) is 4.79 Å². The number of nitrogens with one attached hydrogen (secondary N) is 1. The second kappa shape index (κ2) is 7.56. The van der Waals surface area contributed by atoms with Crippen molar-refractivity contribution in [2.24, 2.45) is 0 Å². The first-order valence-corrected chi connectivity index (χ1v) is 8.90. The van der Waals surface area contributed by atoms with E-state index in [0.717, 1.165) is 12.1 Å². The molecule has 3 aromatic rings. The largest absolute Gasteiger partial charge is 0.497 e. The normalized spacial score (nSPS) is 12.4. The average Bonchev–Trinajstić information content (AvgIpc) is 3.18. The van der Waals surface area contributed by atoms with E-state index in [1.54, 1.807) is 31.3 Å². The zero-order chi connectivity index (χ0) is 19.5. The lowest BCUT2D eigenvalue weighted by Crippen LogP contribution is -2.29. The molecule has 0 fully saturated rings. The van der Waals surface area contributed by atoms with Crippen LogP contribution in [0.2, 0.25) is 0 Å². The summed E-state index contributed by atoms with van der Waals surface area (Å²) < 4.78 is 10.6. The Morgan fingerprint density at radius 1 is 1.07 bits per heavy atom. The van der Waals surface area contributed by atoms with E-state index in [0.29, 0.717) is 35.2 Å². The van der Waals surface area contributed by atoms with Crippen molar-refractivity contribution >= 4 is 23.1 Å². The minimum Gasteiger partial charge on any atom is -0.497 e. The van der Waals surface area contributed by atoms with Crippen LogP contribution in [0.15, 0.2) is 54.9 Å². The number of rotatable bonds is 5. The van der Waals surface area contributed by atoms with Gasteiger partial charge in [-0.05, 0) is 30.2 Å². The van der Waals surface area contributed by atoms with Gasteiger partial charge in [0, 0.05) is 24.4 Å². The number of anilines is 3. The van der Waals surface area contributed by atoms with Gasteiger partial charge in [-0.25, -0.2) is 9.97 Å². The van der Waals surface area contributed by atoms with Gasteiger partial charge in [-0.1, -0.05) is 18.2 Å². The van der Waals surface area contributed by atoms with Crippen molar-refractivity contribution < 1.29 is 14.3 Å². The van der Waals surface area contributed by atoms with Crippen LogP contribution in [0.3, 0.4) is 0 Å². The summed E-state index contributed by atoms with van der Waals surface area (Å²) >= 11 is 0. The number of carbonyl (C=O) groups excluding carboxylic acids is 1. The Kier molecular flexibility index (Phi) is 4.80. The Morgan fingerprint density at radius 2 is 1.93 bits per heavy atom. The molecule has 28 heavy (non-hydrogen) atoms. The van der Waals surface area contributed by atoms with Gasteiger partial charge in [-0.2, -0.15) is 0 Å². The fourth-order valence-corrected chi connectivity index (χ4v) is 3.27. The van der Waals surface area contributed by atoms with E-state index in [1.807, 2.05) is 36.4 Å². The lowest BCUT2D eigenvalue weighted by atomic mass is 10.2. The molecule has 7 nitrogen and oxygen atoms in total. The van der Waals surface area contributed by atoms with Crippen molar-refractivity contribution in [1.82, 2.24) is 9.97 Å². The molecule has 0 atom stereocenters. The monoisotopic (exact) mass is 376 g/mol. The Morgan fingerprint density at radius 3 is 2.75 bits per heavy atom. The number of nitrogens with zero attached hydrogens (tertiary/aromatic N) is 3. The van der Waals surface area contributed by atoms with Crippen molar-refractivity contribution in [2.75, 3.05) is 31.0 Å². The summed E-state index contributed by atoms with van der Waals surface area (Å²) in [6, 6.07) is 15.0. The van der Waals surface area contributed by atoms with Crippen LogP contribution in [0.25, 0.3) is 0 Å².